The van der Waals surface area contributed by atoms with Crippen LogP contribution >= 0.6 is 0 Å². The molecular weight excluding hydrogens is 280 g/mol. The van der Waals surface area contributed by atoms with E-state index in [4.69, 9.17) is 9.84 Å². The molecule has 118 valence electrons. The van der Waals surface area contributed by atoms with Crippen LogP contribution in [0.15, 0.2) is 24.3 Å². The first kappa shape index (κ1) is 15.1. The van der Waals surface area contributed by atoms with Crippen LogP contribution in [0.3, 0.4) is 0 Å². The van der Waals surface area contributed by atoms with Crippen molar-refractivity contribution >= 4 is 0 Å². The first-order valence-corrected chi connectivity index (χ1v) is 7.56. The Kier molecular flexibility index (Phi) is 4.52. The van der Waals surface area contributed by atoms with Gasteiger partial charge in [-0.3, -0.25) is 4.90 Å². The Morgan fingerprint density at radius 1 is 1.18 bits per heavy atom. The number of hydrogen-bond donors (Lipinski definition) is 1. The quantitative estimate of drug-likeness (QED) is 0.906. The van der Waals surface area contributed by atoms with E-state index in [1.54, 1.807) is 7.11 Å². The van der Waals surface area contributed by atoms with Crippen molar-refractivity contribution in [3.05, 3.63) is 47.0 Å². The van der Waals surface area contributed by atoms with Crippen LogP contribution < -0.4 is 0 Å². The topological polar surface area (TPSA) is 63.4 Å². The predicted octanol–water partition coefficient (Wildman–Crippen LogP) is 1.49. The van der Waals surface area contributed by atoms with Gasteiger partial charge in [0.25, 0.3) is 0 Å². The molecule has 3 rings (SSSR count). The van der Waals surface area contributed by atoms with E-state index in [9.17, 15) is 0 Å². The van der Waals surface area contributed by atoms with Crippen molar-refractivity contribution < 1.29 is 9.84 Å². The molecule has 0 fully saturated rings. The first-order chi connectivity index (χ1) is 10.7. The summed E-state index contributed by atoms with van der Waals surface area (Å²) in [5, 5.41) is 17.7. The highest BCUT2D eigenvalue weighted by molar-refractivity contribution is 5.22. The van der Waals surface area contributed by atoms with Gasteiger partial charge in [-0.05, 0) is 18.1 Å². The third kappa shape index (κ3) is 2.90. The molecule has 6 nitrogen and oxygen atoms in total. The van der Waals surface area contributed by atoms with Crippen LogP contribution in [0.5, 0.6) is 0 Å². The molecule has 1 N–H and O–H groups in total. The zero-order chi connectivity index (χ0) is 15.5. The minimum absolute atomic E-state index is 0.0891. The van der Waals surface area contributed by atoms with Crippen LogP contribution in [-0.4, -0.2) is 38.4 Å². The predicted molar refractivity (Wildman–Crippen MR) is 81.9 cm³/mol. The number of nitrogens with zero attached hydrogens (tertiary/aromatic N) is 4. The molecule has 6 heteroatoms. The third-order valence-corrected chi connectivity index (χ3v) is 4.25. The van der Waals surface area contributed by atoms with Gasteiger partial charge in [0.15, 0.2) is 5.82 Å². The molecule has 1 atom stereocenters. The number of ether oxygens (including phenoxy) is 1. The molecule has 0 saturated heterocycles. The van der Waals surface area contributed by atoms with Gasteiger partial charge in [-0.25, -0.2) is 0 Å². The number of aliphatic hydroxyl groups excluding tert-OH is 1. The van der Waals surface area contributed by atoms with E-state index in [-0.39, 0.29) is 12.6 Å². The van der Waals surface area contributed by atoms with E-state index in [0.29, 0.717) is 6.61 Å². The fraction of sp³-hybridized carbons (Fsp3) is 0.500. The van der Waals surface area contributed by atoms with Crippen LogP contribution in [0.1, 0.15) is 35.7 Å². The molecule has 2 aromatic rings. The Hall–Kier alpha value is -1.76. The maximum absolute atomic E-state index is 9.11. The number of methoxy groups -OCH3 is 1. The maximum atomic E-state index is 9.11. The third-order valence-electron chi connectivity index (χ3n) is 4.25. The van der Waals surface area contributed by atoms with Gasteiger partial charge >= 0.3 is 0 Å². The largest absolute Gasteiger partial charge is 0.392 e. The molecule has 0 saturated carbocycles. The van der Waals surface area contributed by atoms with Crippen molar-refractivity contribution in [2.75, 3.05) is 13.7 Å². The highest BCUT2D eigenvalue weighted by Crippen LogP contribution is 2.26. The number of aliphatic hydroxyl groups is 1. The Labute approximate surface area is 130 Å². The fourth-order valence-corrected chi connectivity index (χ4v) is 2.92. The lowest BCUT2D eigenvalue weighted by molar-refractivity contribution is 0.143. The minimum atomic E-state index is 0.0891. The van der Waals surface area contributed by atoms with Crippen LogP contribution in [-0.2, 0) is 31.0 Å². The molecule has 0 spiro atoms. The summed E-state index contributed by atoms with van der Waals surface area (Å²) in [4.78, 5) is 2.40. The van der Waals surface area contributed by atoms with E-state index in [0.717, 1.165) is 36.8 Å². The van der Waals surface area contributed by atoms with Gasteiger partial charge in [0, 0.05) is 26.7 Å². The number of fused-ring (bicyclic) bond motifs is 1. The van der Waals surface area contributed by atoms with Gasteiger partial charge in [0.1, 0.15) is 12.4 Å². The second kappa shape index (κ2) is 6.56. The monoisotopic (exact) mass is 302 g/mol. The highest BCUT2D eigenvalue weighted by atomic mass is 16.5. The van der Waals surface area contributed by atoms with Crippen LogP contribution in [0.25, 0.3) is 0 Å². The van der Waals surface area contributed by atoms with Gasteiger partial charge in [-0.15, -0.1) is 10.2 Å². The Morgan fingerprint density at radius 3 is 2.59 bits per heavy atom. The molecule has 1 aliphatic heterocycles. The minimum Gasteiger partial charge on any atom is -0.392 e. The molecule has 1 aromatic carbocycles. The molecule has 0 amide bonds. The van der Waals surface area contributed by atoms with Crippen LogP contribution in [0, 0.1) is 0 Å². The average Bonchev–Trinajstić information content (AvgIpc) is 2.95. The van der Waals surface area contributed by atoms with Crippen molar-refractivity contribution in [1.82, 2.24) is 19.7 Å². The highest BCUT2D eigenvalue weighted by Gasteiger charge is 2.27. The number of aromatic nitrogens is 3. The van der Waals surface area contributed by atoms with Crippen molar-refractivity contribution in [2.45, 2.75) is 39.3 Å². The van der Waals surface area contributed by atoms with Gasteiger partial charge in [0.05, 0.1) is 12.6 Å². The molecule has 0 bridgehead atoms. The Morgan fingerprint density at radius 2 is 1.91 bits per heavy atom. The smallest absolute Gasteiger partial charge is 0.159 e. The van der Waals surface area contributed by atoms with Gasteiger partial charge < -0.3 is 14.4 Å². The van der Waals surface area contributed by atoms with E-state index >= 15 is 0 Å². The molecule has 0 aliphatic carbocycles. The lowest BCUT2D eigenvalue weighted by Gasteiger charge is -2.33. The van der Waals surface area contributed by atoms with Gasteiger partial charge in [-0.2, -0.15) is 0 Å². The van der Waals surface area contributed by atoms with E-state index in [1.165, 1.54) is 5.56 Å². The summed E-state index contributed by atoms with van der Waals surface area (Å²) >= 11 is 0. The zero-order valence-corrected chi connectivity index (χ0v) is 13.1. The summed E-state index contributed by atoms with van der Waals surface area (Å²) in [5.41, 5.74) is 2.19. The van der Waals surface area contributed by atoms with Crippen molar-refractivity contribution in [2.24, 2.45) is 0 Å². The summed E-state index contributed by atoms with van der Waals surface area (Å²) in [6.45, 7) is 5.48. The van der Waals surface area contributed by atoms with Crippen molar-refractivity contribution in [1.29, 1.82) is 0 Å². The Balaban J connectivity index is 1.73. The second-order valence-corrected chi connectivity index (χ2v) is 5.68. The van der Waals surface area contributed by atoms with Crippen LogP contribution in [0.4, 0.5) is 0 Å². The Bertz CT molecular complexity index is 624. The van der Waals surface area contributed by atoms with Crippen molar-refractivity contribution in [3.63, 3.8) is 0 Å². The zero-order valence-electron chi connectivity index (χ0n) is 13.1. The normalized spacial score (nSPS) is 18.4. The SMILES string of the molecule is COCc1nnc2n1CCN(Cc1ccc(CO)cc1)[C@H]2C. The van der Waals surface area contributed by atoms with Crippen molar-refractivity contribution in [3.8, 4) is 0 Å². The number of hydrogen-bond acceptors (Lipinski definition) is 5. The number of benzene rings is 1. The molecule has 0 unspecified atom stereocenters. The van der Waals surface area contributed by atoms with E-state index in [2.05, 4.69) is 38.7 Å². The molecule has 0 radical (unpaired) electrons. The maximum Gasteiger partial charge on any atom is 0.159 e. The van der Waals surface area contributed by atoms with E-state index < -0.39 is 0 Å². The molecule has 1 aliphatic rings. The first-order valence-electron chi connectivity index (χ1n) is 7.56. The average molecular weight is 302 g/mol. The summed E-state index contributed by atoms with van der Waals surface area (Å²) in [6.07, 6.45) is 0. The lowest BCUT2D eigenvalue weighted by Crippen LogP contribution is -2.37. The standard InChI is InChI=1S/C16H22N4O2/c1-12-16-18-17-15(11-22-2)20(16)8-7-19(12)9-13-3-5-14(10-21)6-4-13/h3-6,12,21H,7-11H2,1-2H3/t12-/m0/s1. The molecule has 2 heterocycles. The second-order valence-electron chi connectivity index (χ2n) is 5.68. The fourth-order valence-electron chi connectivity index (χ4n) is 2.92. The van der Waals surface area contributed by atoms with E-state index in [1.807, 2.05) is 12.1 Å². The summed E-state index contributed by atoms with van der Waals surface area (Å²) in [6, 6.07) is 8.33. The van der Waals surface area contributed by atoms with Crippen LogP contribution in [0.2, 0.25) is 0 Å². The molecule has 22 heavy (non-hydrogen) atoms. The number of rotatable bonds is 5. The van der Waals surface area contributed by atoms with Gasteiger partial charge in [0.2, 0.25) is 0 Å². The molecule has 1 aromatic heterocycles. The molecular formula is C16H22N4O2. The lowest BCUT2D eigenvalue weighted by atomic mass is 10.1. The summed E-state index contributed by atoms with van der Waals surface area (Å²) in [7, 11) is 1.68. The van der Waals surface area contributed by atoms with Gasteiger partial charge in [-0.1, -0.05) is 24.3 Å². The summed E-state index contributed by atoms with van der Waals surface area (Å²) in [5.74, 6) is 1.90. The summed E-state index contributed by atoms with van der Waals surface area (Å²) < 4.78 is 7.34.